The number of halogens is 1. The van der Waals surface area contributed by atoms with Crippen molar-refractivity contribution in [3.05, 3.63) is 46.8 Å². The Hall–Kier alpha value is -1.92. The molecule has 1 atom stereocenters. The molecule has 1 unspecified atom stereocenters. The average Bonchev–Trinajstić information content (AvgIpc) is 2.96. The van der Waals surface area contributed by atoms with E-state index in [1.165, 1.54) is 0 Å². The second kappa shape index (κ2) is 4.88. The van der Waals surface area contributed by atoms with Gasteiger partial charge in [-0.15, -0.1) is 0 Å². The molecule has 6 nitrogen and oxygen atoms in total. The van der Waals surface area contributed by atoms with Crippen LogP contribution in [-0.4, -0.2) is 29.5 Å². The van der Waals surface area contributed by atoms with E-state index in [1.54, 1.807) is 41.0 Å². The van der Waals surface area contributed by atoms with Crippen LogP contribution in [-0.2, 0) is 13.5 Å². The zero-order valence-corrected chi connectivity index (χ0v) is 11.9. The van der Waals surface area contributed by atoms with Crippen LogP contribution < -0.4 is 0 Å². The molecule has 0 radical (unpaired) electrons. The number of aliphatic hydroxyl groups excluding tert-OH is 1. The van der Waals surface area contributed by atoms with Gasteiger partial charge in [0.15, 0.2) is 0 Å². The van der Waals surface area contributed by atoms with Gasteiger partial charge < -0.3 is 5.11 Å². The molecule has 0 spiro atoms. The zero-order chi connectivity index (χ0) is 14.3. The monoisotopic (exact) mass is 291 g/mol. The SMILES string of the molecule is Cc1nn(C)c(Cl)c1CC(O)c1cnn2ccncc12. The van der Waals surface area contributed by atoms with Gasteiger partial charge in [0, 0.05) is 37.0 Å². The van der Waals surface area contributed by atoms with E-state index in [1.807, 2.05) is 6.92 Å². The van der Waals surface area contributed by atoms with Gasteiger partial charge in [-0.1, -0.05) is 11.6 Å². The molecule has 0 aliphatic rings. The third-order valence-corrected chi connectivity index (χ3v) is 3.85. The van der Waals surface area contributed by atoms with Crippen LogP contribution in [0.25, 0.3) is 5.52 Å². The van der Waals surface area contributed by atoms with Crippen molar-refractivity contribution in [1.82, 2.24) is 24.4 Å². The minimum atomic E-state index is -0.697. The fraction of sp³-hybridized carbons (Fsp3) is 0.308. The van der Waals surface area contributed by atoms with Crippen molar-refractivity contribution in [3.8, 4) is 0 Å². The van der Waals surface area contributed by atoms with Crippen LogP contribution in [0, 0.1) is 6.92 Å². The Morgan fingerprint density at radius 1 is 1.40 bits per heavy atom. The zero-order valence-electron chi connectivity index (χ0n) is 11.2. The predicted octanol–water partition coefficient (Wildman–Crippen LogP) is 1.70. The van der Waals surface area contributed by atoms with E-state index in [-0.39, 0.29) is 0 Å². The van der Waals surface area contributed by atoms with Crippen LogP contribution in [0.3, 0.4) is 0 Å². The van der Waals surface area contributed by atoms with E-state index < -0.39 is 6.10 Å². The number of nitrogens with zero attached hydrogens (tertiary/aromatic N) is 5. The van der Waals surface area contributed by atoms with Crippen LogP contribution in [0.5, 0.6) is 0 Å². The van der Waals surface area contributed by atoms with Crippen LogP contribution in [0.2, 0.25) is 5.15 Å². The lowest BCUT2D eigenvalue weighted by Gasteiger charge is -2.09. The lowest BCUT2D eigenvalue weighted by Crippen LogP contribution is -2.03. The summed E-state index contributed by atoms with van der Waals surface area (Å²) in [5, 5.41) is 19.4. The average molecular weight is 292 g/mol. The smallest absolute Gasteiger partial charge is 0.130 e. The third-order valence-electron chi connectivity index (χ3n) is 3.38. The molecule has 104 valence electrons. The third kappa shape index (κ3) is 2.07. The standard InChI is InChI=1S/C13H14ClN5O/c1-8-9(13(14)18(2)17-8)5-12(20)10-6-16-19-4-3-15-7-11(10)19/h3-4,6-7,12,20H,5H2,1-2H3. The second-order valence-electron chi connectivity index (χ2n) is 4.70. The van der Waals surface area contributed by atoms with Crippen molar-refractivity contribution in [2.75, 3.05) is 0 Å². The van der Waals surface area contributed by atoms with Gasteiger partial charge in [-0.25, -0.2) is 4.52 Å². The van der Waals surface area contributed by atoms with Crippen molar-refractivity contribution in [2.45, 2.75) is 19.4 Å². The maximum Gasteiger partial charge on any atom is 0.130 e. The van der Waals surface area contributed by atoms with Gasteiger partial charge in [0.1, 0.15) is 5.15 Å². The highest BCUT2D eigenvalue weighted by Crippen LogP contribution is 2.27. The van der Waals surface area contributed by atoms with E-state index >= 15 is 0 Å². The number of hydrogen-bond donors (Lipinski definition) is 1. The summed E-state index contributed by atoms with van der Waals surface area (Å²) in [6, 6.07) is 0. The second-order valence-corrected chi connectivity index (χ2v) is 5.06. The van der Waals surface area contributed by atoms with Crippen LogP contribution in [0.1, 0.15) is 22.9 Å². The molecule has 0 bridgehead atoms. The maximum atomic E-state index is 10.4. The van der Waals surface area contributed by atoms with E-state index in [0.717, 1.165) is 22.3 Å². The van der Waals surface area contributed by atoms with Gasteiger partial charge in [-0.2, -0.15) is 10.2 Å². The normalized spacial score (nSPS) is 13.0. The van der Waals surface area contributed by atoms with E-state index in [9.17, 15) is 5.11 Å². The Balaban J connectivity index is 1.95. The molecule has 20 heavy (non-hydrogen) atoms. The maximum absolute atomic E-state index is 10.4. The summed E-state index contributed by atoms with van der Waals surface area (Å²) < 4.78 is 3.29. The molecule has 1 N–H and O–H groups in total. The Kier molecular flexibility index (Phi) is 3.19. The summed E-state index contributed by atoms with van der Waals surface area (Å²) in [6.45, 7) is 1.88. The summed E-state index contributed by atoms with van der Waals surface area (Å²) in [7, 11) is 1.78. The quantitative estimate of drug-likeness (QED) is 0.797. The van der Waals surface area contributed by atoms with E-state index in [4.69, 9.17) is 11.6 Å². The Morgan fingerprint density at radius 2 is 2.20 bits per heavy atom. The molecule has 3 aromatic heterocycles. The van der Waals surface area contributed by atoms with E-state index in [0.29, 0.717) is 11.6 Å². The molecular formula is C13H14ClN5O. The van der Waals surface area contributed by atoms with Crippen LogP contribution in [0.4, 0.5) is 0 Å². The van der Waals surface area contributed by atoms with Crippen molar-refractivity contribution >= 4 is 17.1 Å². The fourth-order valence-electron chi connectivity index (χ4n) is 2.32. The fourth-order valence-corrected chi connectivity index (χ4v) is 2.57. The number of aliphatic hydroxyl groups is 1. The predicted molar refractivity (Wildman–Crippen MR) is 74.6 cm³/mol. The number of rotatable bonds is 3. The molecule has 0 aliphatic carbocycles. The molecule has 0 saturated heterocycles. The molecule has 3 rings (SSSR count). The summed E-state index contributed by atoms with van der Waals surface area (Å²) in [4.78, 5) is 4.06. The van der Waals surface area contributed by atoms with Gasteiger partial charge in [0.05, 0.1) is 29.7 Å². The Labute approximate surface area is 120 Å². The first-order valence-corrected chi connectivity index (χ1v) is 6.59. The van der Waals surface area contributed by atoms with Gasteiger partial charge in [0.2, 0.25) is 0 Å². The Bertz CT molecular complexity index is 763. The van der Waals surface area contributed by atoms with Crippen molar-refractivity contribution in [1.29, 1.82) is 0 Å². The van der Waals surface area contributed by atoms with Crippen molar-refractivity contribution < 1.29 is 5.11 Å². The number of fused-ring (bicyclic) bond motifs is 1. The first-order valence-electron chi connectivity index (χ1n) is 6.21. The van der Waals surface area contributed by atoms with Gasteiger partial charge in [-0.3, -0.25) is 9.67 Å². The van der Waals surface area contributed by atoms with Gasteiger partial charge in [0.25, 0.3) is 0 Å². The van der Waals surface area contributed by atoms with E-state index in [2.05, 4.69) is 15.2 Å². The minimum Gasteiger partial charge on any atom is -0.388 e. The summed E-state index contributed by atoms with van der Waals surface area (Å²) in [5.41, 5.74) is 3.20. The number of hydrogen-bond acceptors (Lipinski definition) is 4. The molecule has 0 saturated carbocycles. The highest BCUT2D eigenvalue weighted by molar-refractivity contribution is 6.30. The molecule has 0 amide bonds. The lowest BCUT2D eigenvalue weighted by molar-refractivity contribution is 0.179. The summed E-state index contributed by atoms with van der Waals surface area (Å²) >= 11 is 6.19. The largest absolute Gasteiger partial charge is 0.388 e. The molecule has 7 heteroatoms. The molecule has 0 fully saturated rings. The first-order chi connectivity index (χ1) is 9.58. The molecule has 3 aromatic rings. The molecule has 0 aromatic carbocycles. The van der Waals surface area contributed by atoms with Crippen LogP contribution in [0.15, 0.2) is 24.8 Å². The molecule has 3 heterocycles. The lowest BCUT2D eigenvalue weighted by atomic mass is 10.0. The highest BCUT2D eigenvalue weighted by Gasteiger charge is 2.19. The highest BCUT2D eigenvalue weighted by atomic mass is 35.5. The van der Waals surface area contributed by atoms with Crippen molar-refractivity contribution in [3.63, 3.8) is 0 Å². The molecular weight excluding hydrogens is 278 g/mol. The summed E-state index contributed by atoms with van der Waals surface area (Å²) in [6.07, 6.45) is 6.43. The molecule has 0 aliphatic heterocycles. The van der Waals surface area contributed by atoms with Gasteiger partial charge >= 0.3 is 0 Å². The van der Waals surface area contributed by atoms with Crippen LogP contribution >= 0.6 is 11.6 Å². The number of aromatic nitrogens is 5. The Morgan fingerprint density at radius 3 is 2.90 bits per heavy atom. The van der Waals surface area contributed by atoms with Crippen molar-refractivity contribution in [2.24, 2.45) is 7.05 Å². The number of aryl methyl sites for hydroxylation is 2. The first kappa shape index (κ1) is 13.1. The topological polar surface area (TPSA) is 68.2 Å². The summed E-state index contributed by atoms with van der Waals surface area (Å²) in [5.74, 6) is 0. The van der Waals surface area contributed by atoms with Gasteiger partial charge in [-0.05, 0) is 6.92 Å². The minimum absolute atomic E-state index is 0.398.